The molecule has 0 bridgehead atoms. The van der Waals surface area contributed by atoms with Gasteiger partial charge in [-0.15, -0.1) is 0 Å². The zero-order valence-corrected chi connectivity index (χ0v) is 18.4. The Labute approximate surface area is 185 Å². The van der Waals surface area contributed by atoms with Crippen molar-refractivity contribution in [1.82, 2.24) is 10.3 Å². The van der Waals surface area contributed by atoms with Crippen LogP contribution in [0.15, 0.2) is 72.0 Å². The molecule has 1 N–H and O–H groups in total. The number of rotatable bonds is 7. The molecule has 1 aromatic heterocycles. The summed E-state index contributed by atoms with van der Waals surface area (Å²) in [5.74, 6) is 0.746. The van der Waals surface area contributed by atoms with Gasteiger partial charge in [-0.3, -0.25) is 4.98 Å². The molecule has 0 amide bonds. The highest BCUT2D eigenvalue weighted by molar-refractivity contribution is 5.40. The van der Waals surface area contributed by atoms with Crippen LogP contribution in [0.2, 0.25) is 0 Å². The van der Waals surface area contributed by atoms with Gasteiger partial charge in [0.05, 0.1) is 0 Å². The van der Waals surface area contributed by atoms with Gasteiger partial charge >= 0.3 is 0 Å². The second kappa shape index (κ2) is 9.97. The van der Waals surface area contributed by atoms with Crippen molar-refractivity contribution in [1.29, 1.82) is 0 Å². The zero-order valence-electron chi connectivity index (χ0n) is 18.4. The molecule has 1 unspecified atom stereocenters. The molecule has 2 atom stereocenters. The van der Waals surface area contributed by atoms with Crippen LogP contribution in [0.1, 0.15) is 70.7 Å². The Morgan fingerprint density at radius 3 is 2.42 bits per heavy atom. The van der Waals surface area contributed by atoms with Crippen molar-refractivity contribution in [3.63, 3.8) is 0 Å². The summed E-state index contributed by atoms with van der Waals surface area (Å²) in [5, 5.41) is 6.97. The Kier molecular flexibility index (Phi) is 6.88. The molecular weight excluding hydrogens is 382 g/mol. The van der Waals surface area contributed by atoms with Gasteiger partial charge in [0.15, 0.2) is 0 Å². The van der Waals surface area contributed by atoms with E-state index in [1.807, 2.05) is 19.1 Å². The summed E-state index contributed by atoms with van der Waals surface area (Å²) in [7, 11) is 0. The smallest absolute Gasteiger partial charge is 0.118 e. The monoisotopic (exact) mass is 413 g/mol. The fourth-order valence-corrected chi connectivity index (χ4v) is 4.81. The highest BCUT2D eigenvalue weighted by Gasteiger charge is 2.24. The van der Waals surface area contributed by atoms with E-state index in [1.165, 1.54) is 35.1 Å². The molecule has 2 aromatic carbocycles. The van der Waals surface area contributed by atoms with Crippen molar-refractivity contribution in [3.8, 4) is 0 Å². The summed E-state index contributed by atoms with van der Waals surface area (Å²) in [6.07, 6.45) is 4.79. The molecule has 4 rings (SSSR count). The summed E-state index contributed by atoms with van der Waals surface area (Å²) in [6.45, 7) is 6.28. The Bertz CT molecular complexity index is 1010. The van der Waals surface area contributed by atoms with Crippen LogP contribution in [-0.2, 0) is 0 Å². The van der Waals surface area contributed by atoms with Crippen molar-refractivity contribution >= 4 is 0 Å². The fourth-order valence-electron chi connectivity index (χ4n) is 4.81. The molecule has 160 valence electrons. The first-order valence-electron chi connectivity index (χ1n) is 11.3. The maximum Gasteiger partial charge on any atom is 0.118 e. The van der Waals surface area contributed by atoms with E-state index in [2.05, 4.69) is 70.9 Å². The van der Waals surface area contributed by atoms with Crippen LogP contribution in [0.5, 0.6) is 0 Å². The average molecular weight is 414 g/mol. The molecule has 31 heavy (non-hydrogen) atoms. The van der Waals surface area contributed by atoms with E-state index in [9.17, 15) is 4.91 Å². The molecule has 0 aliphatic carbocycles. The van der Waals surface area contributed by atoms with E-state index in [-0.39, 0.29) is 5.92 Å². The van der Waals surface area contributed by atoms with Gasteiger partial charge in [-0.05, 0) is 92.1 Å². The van der Waals surface area contributed by atoms with Gasteiger partial charge in [0.2, 0.25) is 0 Å². The number of aromatic nitrogens is 1. The first-order chi connectivity index (χ1) is 15.2. The molecule has 0 saturated carbocycles. The molecule has 2 heterocycles. The Morgan fingerprint density at radius 2 is 1.74 bits per heavy atom. The lowest BCUT2D eigenvalue weighted by atomic mass is 9.81. The van der Waals surface area contributed by atoms with Gasteiger partial charge < -0.3 is 5.32 Å². The summed E-state index contributed by atoms with van der Waals surface area (Å²) in [4.78, 5) is 16.2. The second-order valence-electron chi connectivity index (χ2n) is 8.69. The predicted octanol–water partition coefficient (Wildman–Crippen LogP) is 6.20. The van der Waals surface area contributed by atoms with Crippen molar-refractivity contribution in [2.75, 3.05) is 13.1 Å². The third-order valence-corrected chi connectivity index (χ3v) is 6.60. The highest BCUT2D eigenvalue weighted by atomic mass is 16.3. The van der Waals surface area contributed by atoms with Gasteiger partial charge in [-0.2, -0.15) is 4.91 Å². The molecule has 3 aromatic rings. The van der Waals surface area contributed by atoms with Gasteiger partial charge in [0.1, 0.15) is 6.04 Å². The maximum absolute atomic E-state index is 11.9. The normalized spacial score (nSPS) is 16.6. The van der Waals surface area contributed by atoms with Crippen molar-refractivity contribution in [3.05, 3.63) is 105 Å². The van der Waals surface area contributed by atoms with Crippen LogP contribution >= 0.6 is 0 Å². The van der Waals surface area contributed by atoms with Gasteiger partial charge in [0.25, 0.3) is 0 Å². The number of hydrogen-bond donors (Lipinski definition) is 1. The maximum atomic E-state index is 11.9. The largest absolute Gasteiger partial charge is 0.317 e. The molecule has 1 saturated heterocycles. The summed E-state index contributed by atoms with van der Waals surface area (Å²) < 4.78 is 0. The number of pyridine rings is 1. The minimum atomic E-state index is -0.407. The lowest BCUT2D eigenvalue weighted by Crippen LogP contribution is -2.26. The second-order valence-corrected chi connectivity index (χ2v) is 8.69. The van der Waals surface area contributed by atoms with E-state index < -0.39 is 6.04 Å². The number of piperidine rings is 1. The number of aryl methyl sites for hydroxylation is 2. The predicted molar refractivity (Wildman–Crippen MR) is 126 cm³/mol. The van der Waals surface area contributed by atoms with E-state index in [4.69, 9.17) is 0 Å². The summed E-state index contributed by atoms with van der Waals surface area (Å²) in [5.41, 5.74) is 7.01. The highest BCUT2D eigenvalue weighted by Crippen LogP contribution is 2.38. The van der Waals surface area contributed by atoms with Crippen LogP contribution in [0, 0.1) is 18.8 Å². The molecule has 4 heteroatoms. The minimum absolute atomic E-state index is 0.111. The number of nitroso groups, excluding NO2 is 1. The van der Waals surface area contributed by atoms with Crippen molar-refractivity contribution in [2.45, 2.75) is 51.0 Å². The summed E-state index contributed by atoms with van der Waals surface area (Å²) >= 11 is 0. The van der Waals surface area contributed by atoms with Crippen LogP contribution in [0.3, 0.4) is 0 Å². The lowest BCUT2D eigenvalue weighted by molar-refractivity contribution is 0.460. The molecule has 1 aliphatic heterocycles. The topological polar surface area (TPSA) is 54.4 Å². The van der Waals surface area contributed by atoms with Crippen LogP contribution in [0.4, 0.5) is 0 Å². The number of hydrogen-bond acceptors (Lipinski definition) is 4. The lowest BCUT2D eigenvalue weighted by Gasteiger charge is -2.25. The molecule has 0 spiro atoms. The van der Waals surface area contributed by atoms with Gasteiger partial charge in [0, 0.05) is 17.8 Å². The van der Waals surface area contributed by atoms with Crippen molar-refractivity contribution in [2.24, 2.45) is 5.18 Å². The van der Waals surface area contributed by atoms with Crippen molar-refractivity contribution < 1.29 is 0 Å². The third kappa shape index (κ3) is 5.08. The van der Waals surface area contributed by atoms with Crippen LogP contribution in [0.25, 0.3) is 0 Å². The summed E-state index contributed by atoms with van der Waals surface area (Å²) in [6, 6.07) is 21.0. The van der Waals surface area contributed by atoms with E-state index >= 15 is 0 Å². The number of nitrogens with zero attached hydrogens (tertiary/aromatic N) is 2. The molecule has 0 radical (unpaired) electrons. The molecular formula is C27H31N3O. The molecule has 4 nitrogen and oxygen atoms in total. The van der Waals surface area contributed by atoms with E-state index in [1.54, 1.807) is 6.20 Å². The Morgan fingerprint density at radius 1 is 1.00 bits per heavy atom. The van der Waals surface area contributed by atoms with Crippen LogP contribution in [-0.4, -0.2) is 18.1 Å². The molecule has 1 fully saturated rings. The van der Waals surface area contributed by atoms with E-state index in [0.29, 0.717) is 12.3 Å². The fraction of sp³-hybridized carbons (Fsp3) is 0.370. The Hall–Kier alpha value is -2.85. The average Bonchev–Trinajstić information content (AvgIpc) is 2.81. The number of nitrogens with one attached hydrogen (secondary N) is 1. The minimum Gasteiger partial charge on any atom is -0.317 e. The van der Waals surface area contributed by atoms with Gasteiger partial charge in [-0.1, -0.05) is 53.7 Å². The zero-order chi connectivity index (χ0) is 21.6. The third-order valence-electron chi connectivity index (χ3n) is 6.60. The van der Waals surface area contributed by atoms with Crippen LogP contribution < -0.4 is 5.32 Å². The SMILES string of the molecule is Cc1cc(C(C[C@H](c2ccc(C3CCNCC3)cc2)c2ccccc2C)N=O)ccn1. The first-order valence-corrected chi connectivity index (χ1v) is 11.3. The van der Waals surface area contributed by atoms with Gasteiger partial charge in [-0.25, -0.2) is 0 Å². The Balaban J connectivity index is 1.66. The standard InChI is InChI=1S/C27H31N3O/c1-19-5-3-4-6-25(19)26(18-27(30-31)24-13-16-29-20(2)17-24)23-9-7-21(8-10-23)22-11-14-28-15-12-22/h3-10,13,16-17,22,26-28H,11-12,14-15,18H2,1-2H3/t26-,27?/m1/s1. The first kappa shape index (κ1) is 21.4. The van der Waals surface area contributed by atoms with E-state index in [0.717, 1.165) is 24.3 Å². The molecule has 1 aliphatic rings. The number of benzene rings is 2. The quantitative estimate of drug-likeness (QED) is 0.470.